The molecule has 4 nitrogen and oxygen atoms in total. The first-order valence-electron chi connectivity index (χ1n) is 5.82. The molecule has 104 valence electrons. The molecule has 1 atom stereocenters. The maximum Gasteiger partial charge on any atom is 0.224 e. The largest absolute Gasteiger partial charge is 0.389 e. The van der Waals surface area contributed by atoms with E-state index < -0.39 is 5.82 Å². The summed E-state index contributed by atoms with van der Waals surface area (Å²) in [4.78, 5) is 11.9. The third-order valence-electron chi connectivity index (χ3n) is 2.51. The smallest absolute Gasteiger partial charge is 0.224 e. The van der Waals surface area contributed by atoms with Crippen molar-refractivity contribution in [2.75, 3.05) is 19.0 Å². The third kappa shape index (κ3) is 4.92. The zero-order valence-electron chi connectivity index (χ0n) is 10.9. The minimum absolute atomic E-state index is 0.0414. The molecule has 19 heavy (non-hydrogen) atoms. The number of methoxy groups -OCH3 is 1. The van der Waals surface area contributed by atoms with Crippen LogP contribution in [0, 0.1) is 11.7 Å². The average Bonchev–Trinajstić information content (AvgIpc) is 2.31. The van der Waals surface area contributed by atoms with E-state index in [0.717, 1.165) is 0 Å². The van der Waals surface area contributed by atoms with Crippen molar-refractivity contribution in [3.05, 3.63) is 29.6 Å². The SMILES string of the molecule is COCC(C)CC(=O)Nc1ccc(F)cc1C(N)=S. The Bertz CT molecular complexity index is 480. The summed E-state index contributed by atoms with van der Waals surface area (Å²) in [5.74, 6) is -0.541. The van der Waals surface area contributed by atoms with Crippen LogP contribution in [0.5, 0.6) is 0 Å². The van der Waals surface area contributed by atoms with Gasteiger partial charge in [0.2, 0.25) is 5.91 Å². The van der Waals surface area contributed by atoms with E-state index in [0.29, 0.717) is 24.3 Å². The Balaban J connectivity index is 2.76. The van der Waals surface area contributed by atoms with Crippen LogP contribution in [0.25, 0.3) is 0 Å². The molecule has 0 saturated heterocycles. The molecule has 0 heterocycles. The molecule has 0 aliphatic carbocycles. The van der Waals surface area contributed by atoms with Crippen LogP contribution >= 0.6 is 12.2 Å². The van der Waals surface area contributed by atoms with Gasteiger partial charge < -0.3 is 15.8 Å². The summed E-state index contributed by atoms with van der Waals surface area (Å²) < 4.78 is 18.1. The zero-order valence-corrected chi connectivity index (χ0v) is 11.7. The highest BCUT2D eigenvalue weighted by molar-refractivity contribution is 7.80. The topological polar surface area (TPSA) is 64.3 Å². The minimum Gasteiger partial charge on any atom is -0.389 e. The van der Waals surface area contributed by atoms with Gasteiger partial charge in [0.05, 0.1) is 5.69 Å². The first-order valence-corrected chi connectivity index (χ1v) is 6.23. The number of nitrogens with two attached hydrogens (primary N) is 1. The molecule has 1 aromatic rings. The molecule has 0 aliphatic rings. The molecule has 1 aromatic carbocycles. The van der Waals surface area contributed by atoms with Crippen molar-refractivity contribution in [1.29, 1.82) is 0 Å². The lowest BCUT2D eigenvalue weighted by atomic mass is 10.1. The van der Waals surface area contributed by atoms with Crippen LogP contribution in [0.2, 0.25) is 0 Å². The van der Waals surface area contributed by atoms with Gasteiger partial charge in [-0.25, -0.2) is 4.39 Å². The normalized spacial score (nSPS) is 11.9. The lowest BCUT2D eigenvalue weighted by Gasteiger charge is -2.13. The number of nitrogens with one attached hydrogen (secondary N) is 1. The molecule has 1 amide bonds. The Morgan fingerprint density at radius 3 is 2.84 bits per heavy atom. The van der Waals surface area contributed by atoms with Crippen LogP contribution in [0.1, 0.15) is 18.9 Å². The van der Waals surface area contributed by atoms with E-state index in [9.17, 15) is 9.18 Å². The van der Waals surface area contributed by atoms with Gasteiger partial charge in [-0.3, -0.25) is 4.79 Å². The van der Waals surface area contributed by atoms with Crippen molar-refractivity contribution >= 4 is 28.8 Å². The van der Waals surface area contributed by atoms with E-state index >= 15 is 0 Å². The Kier molecular flexibility index (Phi) is 5.85. The second-order valence-corrected chi connectivity index (χ2v) is 4.81. The van der Waals surface area contributed by atoms with Gasteiger partial charge in [0.1, 0.15) is 10.8 Å². The molecular formula is C13H17FN2O2S. The number of amides is 1. The molecule has 6 heteroatoms. The van der Waals surface area contributed by atoms with Crippen molar-refractivity contribution in [3.8, 4) is 0 Å². The molecule has 0 spiro atoms. The van der Waals surface area contributed by atoms with Crippen LogP contribution in [-0.2, 0) is 9.53 Å². The third-order valence-corrected chi connectivity index (χ3v) is 2.73. The summed E-state index contributed by atoms with van der Waals surface area (Å²) in [6, 6.07) is 3.90. The van der Waals surface area contributed by atoms with E-state index in [-0.39, 0.29) is 16.8 Å². The zero-order chi connectivity index (χ0) is 14.4. The van der Waals surface area contributed by atoms with E-state index in [1.807, 2.05) is 6.92 Å². The molecule has 0 aromatic heterocycles. The fraction of sp³-hybridized carbons (Fsp3) is 0.385. The van der Waals surface area contributed by atoms with E-state index in [1.54, 1.807) is 7.11 Å². The van der Waals surface area contributed by atoms with Crippen LogP contribution in [0.4, 0.5) is 10.1 Å². The van der Waals surface area contributed by atoms with Gasteiger partial charge in [-0.05, 0) is 24.1 Å². The van der Waals surface area contributed by atoms with Gasteiger partial charge in [0.25, 0.3) is 0 Å². The number of hydrogen-bond acceptors (Lipinski definition) is 3. The second-order valence-electron chi connectivity index (χ2n) is 4.37. The maximum atomic E-state index is 13.1. The van der Waals surface area contributed by atoms with Crippen molar-refractivity contribution < 1.29 is 13.9 Å². The van der Waals surface area contributed by atoms with Gasteiger partial charge in [0.15, 0.2) is 0 Å². The number of halogens is 1. The van der Waals surface area contributed by atoms with Crippen molar-refractivity contribution in [2.45, 2.75) is 13.3 Å². The highest BCUT2D eigenvalue weighted by Gasteiger charge is 2.12. The summed E-state index contributed by atoms with van der Waals surface area (Å²) in [5, 5.41) is 2.68. The van der Waals surface area contributed by atoms with E-state index in [4.69, 9.17) is 22.7 Å². The second kappa shape index (κ2) is 7.16. The van der Waals surface area contributed by atoms with Crippen molar-refractivity contribution in [3.63, 3.8) is 0 Å². The Labute approximate surface area is 117 Å². The molecule has 1 unspecified atom stereocenters. The molecular weight excluding hydrogens is 267 g/mol. The quantitative estimate of drug-likeness (QED) is 0.785. The Hall–Kier alpha value is -1.53. The van der Waals surface area contributed by atoms with Gasteiger partial charge >= 0.3 is 0 Å². The highest BCUT2D eigenvalue weighted by atomic mass is 32.1. The highest BCUT2D eigenvalue weighted by Crippen LogP contribution is 2.18. The number of rotatable bonds is 6. The molecule has 1 rings (SSSR count). The molecule has 0 radical (unpaired) electrons. The Morgan fingerprint density at radius 2 is 2.26 bits per heavy atom. The summed E-state index contributed by atoms with van der Waals surface area (Å²) in [6.07, 6.45) is 0.308. The van der Waals surface area contributed by atoms with Gasteiger partial charge in [-0.1, -0.05) is 19.1 Å². The predicted octanol–water partition coefficient (Wildman–Crippen LogP) is 2.07. The fourth-order valence-electron chi connectivity index (χ4n) is 1.69. The summed E-state index contributed by atoms with van der Waals surface area (Å²) in [7, 11) is 1.58. The van der Waals surface area contributed by atoms with Crippen molar-refractivity contribution in [2.24, 2.45) is 11.7 Å². The number of hydrogen-bond donors (Lipinski definition) is 2. The van der Waals surface area contributed by atoms with Crippen LogP contribution in [-0.4, -0.2) is 24.6 Å². The lowest BCUT2D eigenvalue weighted by Crippen LogP contribution is -2.20. The average molecular weight is 284 g/mol. The number of carbonyl (C=O) groups excluding carboxylic acids is 1. The van der Waals surface area contributed by atoms with Gasteiger partial charge in [-0.15, -0.1) is 0 Å². The minimum atomic E-state index is -0.450. The Morgan fingerprint density at radius 1 is 1.58 bits per heavy atom. The maximum absolute atomic E-state index is 13.1. The fourth-order valence-corrected chi connectivity index (χ4v) is 1.86. The first-order chi connectivity index (χ1) is 8.93. The number of carbonyl (C=O) groups is 1. The number of ether oxygens (including phenoxy) is 1. The summed E-state index contributed by atoms with van der Waals surface area (Å²) >= 11 is 4.83. The molecule has 0 bridgehead atoms. The summed E-state index contributed by atoms with van der Waals surface area (Å²) in [5.41, 5.74) is 6.24. The predicted molar refractivity (Wildman–Crippen MR) is 76.6 cm³/mol. The van der Waals surface area contributed by atoms with Gasteiger partial charge in [0, 0.05) is 25.7 Å². The standard InChI is InChI=1S/C13H17FN2O2S/c1-8(7-18-2)5-12(17)16-11-4-3-9(14)6-10(11)13(15)19/h3-4,6,8H,5,7H2,1-2H3,(H2,15,19)(H,16,17). The number of anilines is 1. The van der Waals surface area contributed by atoms with E-state index in [2.05, 4.69) is 5.32 Å². The van der Waals surface area contributed by atoms with Crippen LogP contribution < -0.4 is 11.1 Å². The van der Waals surface area contributed by atoms with E-state index in [1.165, 1.54) is 18.2 Å². The van der Waals surface area contributed by atoms with Crippen molar-refractivity contribution in [1.82, 2.24) is 0 Å². The monoisotopic (exact) mass is 284 g/mol. The molecule has 0 aliphatic heterocycles. The first kappa shape index (κ1) is 15.5. The molecule has 0 saturated carbocycles. The summed E-state index contributed by atoms with van der Waals surface area (Å²) in [6.45, 7) is 2.40. The molecule has 3 N–H and O–H groups in total. The van der Waals surface area contributed by atoms with Gasteiger partial charge in [-0.2, -0.15) is 0 Å². The van der Waals surface area contributed by atoms with Crippen LogP contribution in [0.15, 0.2) is 18.2 Å². The van der Waals surface area contributed by atoms with Crippen LogP contribution in [0.3, 0.4) is 0 Å². The lowest BCUT2D eigenvalue weighted by molar-refractivity contribution is -0.117. The number of thiocarbonyl (C=S) groups is 1. The number of benzene rings is 1. The molecule has 0 fully saturated rings.